The van der Waals surface area contributed by atoms with Crippen molar-refractivity contribution in [2.24, 2.45) is 0 Å². The van der Waals surface area contributed by atoms with E-state index < -0.39 is 17.8 Å². The average molecular weight is 556 g/mol. The summed E-state index contributed by atoms with van der Waals surface area (Å²) in [6.07, 6.45) is -1.83. The van der Waals surface area contributed by atoms with Gasteiger partial charge in [0.05, 0.1) is 17.7 Å². The van der Waals surface area contributed by atoms with Crippen molar-refractivity contribution in [2.45, 2.75) is 50.7 Å². The molecule has 0 bridgehead atoms. The molecule has 6 nitrogen and oxygen atoms in total. The normalized spacial score (nSPS) is 16.6. The van der Waals surface area contributed by atoms with E-state index in [1.54, 1.807) is 4.68 Å². The van der Waals surface area contributed by atoms with Crippen LogP contribution in [0.1, 0.15) is 47.0 Å². The van der Waals surface area contributed by atoms with Gasteiger partial charge < -0.3 is 4.74 Å². The Morgan fingerprint density at radius 2 is 1.72 bits per heavy atom. The molecule has 0 radical (unpaired) electrons. The summed E-state index contributed by atoms with van der Waals surface area (Å²) in [5.41, 5.74) is 2.13. The van der Waals surface area contributed by atoms with Gasteiger partial charge in [-0.05, 0) is 70.6 Å². The molecule has 0 saturated carbocycles. The lowest BCUT2D eigenvalue weighted by Crippen LogP contribution is -2.37. The number of aryl methyl sites for hydroxylation is 2. The number of halogens is 4. The number of aromatic nitrogens is 4. The first-order valence-electron chi connectivity index (χ1n) is 12.9. The fraction of sp³-hybridized carbons (Fsp3) is 0.345. The van der Waals surface area contributed by atoms with Gasteiger partial charge in [-0.3, -0.25) is 4.90 Å². The van der Waals surface area contributed by atoms with Crippen LogP contribution in [0.4, 0.5) is 13.2 Å². The Hall–Kier alpha value is -3.27. The first-order chi connectivity index (χ1) is 18.9. The molecule has 1 aliphatic heterocycles. The van der Waals surface area contributed by atoms with Crippen LogP contribution in [0.5, 0.6) is 0 Å². The van der Waals surface area contributed by atoms with Crippen LogP contribution >= 0.6 is 11.6 Å². The van der Waals surface area contributed by atoms with E-state index in [0.29, 0.717) is 49.1 Å². The van der Waals surface area contributed by atoms with Crippen LogP contribution in [-0.4, -0.2) is 44.4 Å². The summed E-state index contributed by atoms with van der Waals surface area (Å²) in [6, 6.07) is 22.4. The minimum absolute atomic E-state index is 0.00268. The number of rotatable bonds is 10. The summed E-state index contributed by atoms with van der Waals surface area (Å²) in [4.78, 5) is 2.19. The lowest BCUT2D eigenvalue weighted by molar-refractivity contribution is -0.137. The second-order valence-electron chi connectivity index (χ2n) is 9.71. The van der Waals surface area contributed by atoms with Gasteiger partial charge in [0.1, 0.15) is 0 Å². The van der Waals surface area contributed by atoms with E-state index in [-0.39, 0.29) is 6.10 Å². The van der Waals surface area contributed by atoms with Gasteiger partial charge in [0.2, 0.25) is 0 Å². The Morgan fingerprint density at radius 1 is 0.974 bits per heavy atom. The molecule has 3 aromatic carbocycles. The summed E-state index contributed by atoms with van der Waals surface area (Å²) in [5, 5.41) is 13.3. The summed E-state index contributed by atoms with van der Waals surface area (Å²) < 4.78 is 47.9. The summed E-state index contributed by atoms with van der Waals surface area (Å²) in [6.45, 7) is 2.30. The number of ether oxygens (including phenoxy) is 1. The molecular weight excluding hydrogens is 527 g/mol. The largest absolute Gasteiger partial charge is 0.416 e. The van der Waals surface area contributed by atoms with E-state index in [1.165, 1.54) is 12.1 Å². The number of tetrazole rings is 1. The van der Waals surface area contributed by atoms with E-state index in [1.807, 2.05) is 54.6 Å². The van der Waals surface area contributed by atoms with Crippen molar-refractivity contribution in [1.82, 2.24) is 25.1 Å². The topological polar surface area (TPSA) is 56.1 Å². The zero-order chi connectivity index (χ0) is 27.2. The minimum Gasteiger partial charge on any atom is -0.377 e. The maximum Gasteiger partial charge on any atom is 0.416 e. The van der Waals surface area contributed by atoms with Crippen LogP contribution < -0.4 is 0 Å². The smallest absolute Gasteiger partial charge is 0.377 e. The van der Waals surface area contributed by atoms with E-state index in [2.05, 4.69) is 20.4 Å². The lowest BCUT2D eigenvalue weighted by atomic mass is 10.0. The fourth-order valence-corrected chi connectivity index (χ4v) is 5.09. The Labute approximate surface area is 230 Å². The molecule has 204 valence electrons. The van der Waals surface area contributed by atoms with Gasteiger partial charge in [-0.1, -0.05) is 66.2 Å². The van der Waals surface area contributed by atoms with Crippen molar-refractivity contribution in [1.29, 1.82) is 0 Å². The fourth-order valence-electron chi connectivity index (χ4n) is 4.96. The van der Waals surface area contributed by atoms with Gasteiger partial charge >= 0.3 is 6.18 Å². The predicted molar refractivity (Wildman–Crippen MR) is 142 cm³/mol. The van der Waals surface area contributed by atoms with Gasteiger partial charge in [0.15, 0.2) is 5.82 Å². The minimum atomic E-state index is -4.42. The van der Waals surface area contributed by atoms with E-state index in [0.717, 1.165) is 36.1 Å². The third-order valence-electron chi connectivity index (χ3n) is 6.94. The van der Waals surface area contributed by atoms with Crippen molar-refractivity contribution in [3.8, 4) is 0 Å². The monoisotopic (exact) mass is 555 g/mol. The molecule has 4 aromatic rings. The molecule has 1 fully saturated rings. The Balaban J connectivity index is 1.53. The number of nitrogens with zero attached hydrogens (tertiary/aromatic N) is 5. The SMILES string of the molecule is FC(F)(F)c1ccc([C@@H](c2nnnn2CCc2ccccc2)N(Cc2ccc(Cl)cc2)C[C@H]2CCCO2)cc1. The first-order valence-corrected chi connectivity index (χ1v) is 13.3. The molecule has 0 aliphatic carbocycles. The second-order valence-corrected chi connectivity index (χ2v) is 10.1. The molecule has 0 amide bonds. The number of hydrogen-bond donors (Lipinski definition) is 0. The molecule has 1 aromatic heterocycles. The molecule has 39 heavy (non-hydrogen) atoms. The van der Waals surface area contributed by atoms with Crippen molar-refractivity contribution >= 4 is 11.6 Å². The number of benzene rings is 3. The van der Waals surface area contributed by atoms with Crippen molar-refractivity contribution < 1.29 is 17.9 Å². The van der Waals surface area contributed by atoms with E-state index >= 15 is 0 Å². The number of alkyl halides is 3. The van der Waals surface area contributed by atoms with Crippen molar-refractivity contribution in [2.75, 3.05) is 13.2 Å². The van der Waals surface area contributed by atoms with Crippen LogP contribution in [-0.2, 0) is 30.4 Å². The molecule has 0 unspecified atom stereocenters. The Morgan fingerprint density at radius 3 is 2.38 bits per heavy atom. The van der Waals surface area contributed by atoms with Gasteiger partial charge in [0.25, 0.3) is 0 Å². The predicted octanol–water partition coefficient (Wildman–Crippen LogP) is 6.36. The summed E-state index contributed by atoms with van der Waals surface area (Å²) >= 11 is 6.13. The van der Waals surface area contributed by atoms with Crippen molar-refractivity contribution in [3.05, 3.63) is 112 Å². The number of hydrogen-bond acceptors (Lipinski definition) is 5. The van der Waals surface area contributed by atoms with Gasteiger partial charge in [0, 0.05) is 31.3 Å². The highest BCUT2D eigenvalue weighted by Gasteiger charge is 2.34. The molecule has 1 saturated heterocycles. The average Bonchev–Trinajstić information content (AvgIpc) is 3.62. The molecule has 10 heteroatoms. The van der Waals surface area contributed by atoms with E-state index in [9.17, 15) is 13.2 Å². The van der Waals surface area contributed by atoms with Crippen LogP contribution in [0.25, 0.3) is 0 Å². The zero-order valence-corrected chi connectivity index (χ0v) is 22.0. The first kappa shape index (κ1) is 27.3. The molecule has 2 heterocycles. The summed E-state index contributed by atoms with van der Waals surface area (Å²) in [5.74, 6) is 0.567. The van der Waals surface area contributed by atoms with Gasteiger partial charge in [-0.25, -0.2) is 4.68 Å². The highest BCUT2D eigenvalue weighted by atomic mass is 35.5. The van der Waals surface area contributed by atoms with Gasteiger partial charge in [-0.2, -0.15) is 13.2 Å². The maximum absolute atomic E-state index is 13.4. The van der Waals surface area contributed by atoms with Crippen molar-refractivity contribution in [3.63, 3.8) is 0 Å². The lowest BCUT2D eigenvalue weighted by Gasteiger charge is -2.33. The highest BCUT2D eigenvalue weighted by molar-refractivity contribution is 6.30. The zero-order valence-electron chi connectivity index (χ0n) is 21.3. The second kappa shape index (κ2) is 12.3. The highest BCUT2D eigenvalue weighted by Crippen LogP contribution is 2.34. The molecule has 5 rings (SSSR count). The molecule has 0 spiro atoms. The maximum atomic E-state index is 13.4. The molecule has 2 atom stereocenters. The third kappa shape index (κ3) is 7.03. The third-order valence-corrected chi connectivity index (χ3v) is 7.19. The molecule has 1 aliphatic rings. The van der Waals surface area contributed by atoms with Crippen LogP contribution in [0, 0.1) is 0 Å². The quantitative estimate of drug-likeness (QED) is 0.228. The van der Waals surface area contributed by atoms with Crippen LogP contribution in [0.3, 0.4) is 0 Å². The summed E-state index contributed by atoms with van der Waals surface area (Å²) in [7, 11) is 0. The van der Waals surface area contributed by atoms with Crippen LogP contribution in [0.2, 0.25) is 5.02 Å². The Kier molecular flexibility index (Phi) is 8.60. The van der Waals surface area contributed by atoms with Gasteiger partial charge in [-0.15, -0.1) is 5.10 Å². The molecule has 0 N–H and O–H groups in total. The standard InChI is InChI=1S/C29H29ClF3N5O/c30-25-14-8-22(9-15-25)19-37(20-26-7-4-18-39-26)27(23-10-12-24(13-11-23)29(31,32)33)28-34-35-36-38(28)17-16-21-5-2-1-3-6-21/h1-3,5-6,8-15,26-27H,4,7,16-20H2/t26-,27+/m1/s1. The Bertz CT molecular complexity index is 1320. The van der Waals surface area contributed by atoms with E-state index in [4.69, 9.17) is 16.3 Å². The molecular formula is C29H29ClF3N5O. The van der Waals surface area contributed by atoms with Crippen LogP contribution in [0.15, 0.2) is 78.9 Å².